The largest absolute Gasteiger partial charge is 0.457 e. The van der Waals surface area contributed by atoms with Gasteiger partial charge in [0.2, 0.25) is 5.13 Å². The molecular formula is C20H14N4O3S. The van der Waals surface area contributed by atoms with Crippen molar-refractivity contribution in [2.24, 2.45) is 5.10 Å². The third kappa shape index (κ3) is 4.13. The quantitative estimate of drug-likeness (QED) is 0.269. The second-order valence-electron chi connectivity index (χ2n) is 5.78. The number of hydrogen-bond donors (Lipinski definition) is 1. The zero-order valence-electron chi connectivity index (χ0n) is 14.5. The van der Waals surface area contributed by atoms with Crippen LogP contribution in [0.4, 0.5) is 10.8 Å². The van der Waals surface area contributed by atoms with E-state index in [1.807, 2.05) is 36.4 Å². The first-order chi connectivity index (χ1) is 13.7. The first kappa shape index (κ1) is 17.6. The van der Waals surface area contributed by atoms with Gasteiger partial charge in [-0.05, 0) is 54.1 Å². The van der Waals surface area contributed by atoms with Gasteiger partial charge in [0.05, 0.1) is 21.4 Å². The zero-order valence-corrected chi connectivity index (χ0v) is 15.3. The van der Waals surface area contributed by atoms with Crippen LogP contribution in [0.1, 0.15) is 5.56 Å². The molecule has 0 aliphatic rings. The molecule has 7 nitrogen and oxygen atoms in total. The Morgan fingerprint density at radius 1 is 1.00 bits per heavy atom. The molecule has 1 aromatic heterocycles. The van der Waals surface area contributed by atoms with Gasteiger partial charge in [0, 0.05) is 12.1 Å². The van der Waals surface area contributed by atoms with Gasteiger partial charge in [0.25, 0.3) is 5.69 Å². The molecule has 3 aromatic carbocycles. The van der Waals surface area contributed by atoms with Crippen molar-refractivity contribution in [1.82, 2.24) is 4.98 Å². The molecule has 4 rings (SSSR count). The summed E-state index contributed by atoms with van der Waals surface area (Å²) in [5, 5.41) is 15.6. The maximum atomic E-state index is 10.7. The van der Waals surface area contributed by atoms with Crippen LogP contribution in [0.5, 0.6) is 11.5 Å². The zero-order chi connectivity index (χ0) is 19.3. The van der Waals surface area contributed by atoms with Gasteiger partial charge in [-0.2, -0.15) is 5.10 Å². The van der Waals surface area contributed by atoms with Crippen LogP contribution in [0.25, 0.3) is 10.2 Å². The summed E-state index contributed by atoms with van der Waals surface area (Å²) in [5.74, 6) is 1.16. The van der Waals surface area contributed by atoms with Crippen LogP contribution in [-0.4, -0.2) is 16.1 Å². The maximum absolute atomic E-state index is 10.7. The van der Waals surface area contributed by atoms with E-state index in [4.69, 9.17) is 4.74 Å². The summed E-state index contributed by atoms with van der Waals surface area (Å²) >= 11 is 1.54. The van der Waals surface area contributed by atoms with Gasteiger partial charge >= 0.3 is 0 Å². The topological polar surface area (TPSA) is 89.7 Å². The lowest BCUT2D eigenvalue weighted by Crippen LogP contribution is -1.90. The van der Waals surface area contributed by atoms with Gasteiger partial charge in [0.1, 0.15) is 11.5 Å². The fourth-order valence-electron chi connectivity index (χ4n) is 2.48. The molecule has 0 unspecified atom stereocenters. The van der Waals surface area contributed by atoms with Gasteiger partial charge in [-0.25, -0.2) is 4.98 Å². The Morgan fingerprint density at radius 2 is 1.68 bits per heavy atom. The summed E-state index contributed by atoms with van der Waals surface area (Å²) in [4.78, 5) is 14.7. The minimum Gasteiger partial charge on any atom is -0.457 e. The van der Waals surface area contributed by atoms with Crippen LogP contribution in [0.15, 0.2) is 77.9 Å². The van der Waals surface area contributed by atoms with Crippen LogP contribution in [0.2, 0.25) is 0 Å². The summed E-state index contributed by atoms with van der Waals surface area (Å²) < 4.78 is 6.79. The molecule has 138 valence electrons. The molecular weight excluding hydrogens is 376 g/mol. The first-order valence-corrected chi connectivity index (χ1v) is 9.16. The van der Waals surface area contributed by atoms with Gasteiger partial charge in [0.15, 0.2) is 0 Å². The summed E-state index contributed by atoms with van der Waals surface area (Å²) in [6, 6.07) is 21.2. The van der Waals surface area contributed by atoms with E-state index in [1.54, 1.807) is 41.8 Å². The van der Waals surface area contributed by atoms with Crippen molar-refractivity contribution >= 4 is 38.6 Å². The normalized spacial score (nSPS) is 11.0. The van der Waals surface area contributed by atoms with E-state index >= 15 is 0 Å². The van der Waals surface area contributed by atoms with Crippen molar-refractivity contribution in [1.29, 1.82) is 0 Å². The van der Waals surface area contributed by atoms with Crippen LogP contribution < -0.4 is 10.2 Å². The van der Waals surface area contributed by atoms with Gasteiger partial charge in [-0.3, -0.25) is 15.5 Å². The van der Waals surface area contributed by atoms with Gasteiger partial charge in [-0.15, -0.1) is 0 Å². The number of nitrogens with zero attached hydrogens (tertiary/aromatic N) is 3. The van der Waals surface area contributed by atoms with E-state index in [1.165, 1.54) is 12.1 Å². The molecule has 4 aromatic rings. The van der Waals surface area contributed by atoms with Gasteiger partial charge < -0.3 is 4.74 Å². The summed E-state index contributed by atoms with van der Waals surface area (Å²) in [6.45, 7) is 0. The number of thiazole rings is 1. The van der Waals surface area contributed by atoms with E-state index < -0.39 is 4.92 Å². The van der Waals surface area contributed by atoms with E-state index in [-0.39, 0.29) is 5.69 Å². The van der Waals surface area contributed by atoms with E-state index in [0.717, 1.165) is 20.9 Å². The van der Waals surface area contributed by atoms with Crippen LogP contribution >= 0.6 is 11.3 Å². The molecule has 8 heteroatoms. The molecule has 28 heavy (non-hydrogen) atoms. The number of non-ortho nitro benzene ring substituents is 1. The minimum absolute atomic E-state index is 0.0273. The summed E-state index contributed by atoms with van der Waals surface area (Å²) in [6.07, 6.45) is 1.70. The number of nitro groups is 1. The molecule has 0 fully saturated rings. The second-order valence-corrected chi connectivity index (χ2v) is 6.81. The first-order valence-electron chi connectivity index (χ1n) is 8.34. The molecule has 0 radical (unpaired) electrons. The Hall–Kier alpha value is -3.78. The Bertz CT molecular complexity index is 1110. The molecule has 1 heterocycles. The maximum Gasteiger partial charge on any atom is 0.269 e. The molecule has 0 bridgehead atoms. The lowest BCUT2D eigenvalue weighted by atomic mass is 10.2. The highest BCUT2D eigenvalue weighted by Gasteiger charge is 2.05. The Morgan fingerprint density at radius 3 is 2.36 bits per heavy atom. The predicted molar refractivity (Wildman–Crippen MR) is 110 cm³/mol. The fraction of sp³-hybridized carbons (Fsp3) is 0. The third-order valence-corrected chi connectivity index (χ3v) is 4.77. The number of benzene rings is 3. The number of para-hydroxylation sites is 1. The van der Waals surface area contributed by atoms with Crippen molar-refractivity contribution in [2.45, 2.75) is 0 Å². The Balaban J connectivity index is 1.37. The summed E-state index contributed by atoms with van der Waals surface area (Å²) in [5.41, 5.74) is 4.81. The van der Waals surface area contributed by atoms with Crippen molar-refractivity contribution in [3.63, 3.8) is 0 Å². The van der Waals surface area contributed by atoms with E-state index in [9.17, 15) is 10.1 Å². The molecule has 0 saturated carbocycles. The number of anilines is 1. The molecule has 0 amide bonds. The highest BCUT2D eigenvalue weighted by Crippen LogP contribution is 2.26. The SMILES string of the molecule is O=[N+]([O-])c1ccc(Oc2ccc(/C=N/Nc3nc4ccccc4s3)cc2)cc1. The van der Waals surface area contributed by atoms with Crippen molar-refractivity contribution in [3.05, 3.63) is 88.5 Å². The molecule has 0 aliphatic carbocycles. The van der Waals surface area contributed by atoms with E-state index in [2.05, 4.69) is 15.5 Å². The molecule has 0 spiro atoms. The lowest BCUT2D eigenvalue weighted by Gasteiger charge is -2.05. The Kier molecular flexibility index (Phi) is 4.94. The number of nitrogens with one attached hydrogen (secondary N) is 1. The van der Waals surface area contributed by atoms with E-state index in [0.29, 0.717) is 11.5 Å². The average Bonchev–Trinajstić information content (AvgIpc) is 3.12. The summed E-state index contributed by atoms with van der Waals surface area (Å²) in [7, 11) is 0. The lowest BCUT2D eigenvalue weighted by molar-refractivity contribution is -0.384. The smallest absolute Gasteiger partial charge is 0.269 e. The number of ether oxygens (including phenoxy) is 1. The molecule has 0 aliphatic heterocycles. The minimum atomic E-state index is -0.444. The van der Waals surface area contributed by atoms with Crippen molar-refractivity contribution < 1.29 is 9.66 Å². The standard InChI is InChI=1S/C20H14N4O3S/c25-24(26)15-7-11-17(12-8-15)27-16-9-5-14(6-10-16)13-21-23-20-22-18-3-1-2-4-19(18)28-20/h1-13H,(H,22,23)/b21-13+. The monoisotopic (exact) mass is 390 g/mol. The number of nitro benzene ring substituents is 1. The van der Waals surface area contributed by atoms with Crippen LogP contribution in [0, 0.1) is 10.1 Å². The fourth-order valence-corrected chi connectivity index (χ4v) is 3.29. The highest BCUT2D eigenvalue weighted by molar-refractivity contribution is 7.22. The average molecular weight is 390 g/mol. The van der Waals surface area contributed by atoms with Gasteiger partial charge in [-0.1, -0.05) is 23.5 Å². The highest BCUT2D eigenvalue weighted by atomic mass is 32.1. The molecule has 0 atom stereocenters. The second kappa shape index (κ2) is 7.85. The third-order valence-electron chi connectivity index (χ3n) is 3.83. The number of hydrazone groups is 1. The van der Waals surface area contributed by atoms with Crippen molar-refractivity contribution in [3.8, 4) is 11.5 Å². The number of rotatable bonds is 6. The Labute approximate surface area is 164 Å². The van der Waals surface area contributed by atoms with Crippen LogP contribution in [-0.2, 0) is 0 Å². The predicted octanol–water partition coefficient (Wildman–Crippen LogP) is 5.44. The van der Waals surface area contributed by atoms with Crippen molar-refractivity contribution in [2.75, 3.05) is 5.43 Å². The number of fused-ring (bicyclic) bond motifs is 1. The number of hydrogen-bond acceptors (Lipinski definition) is 7. The molecule has 1 N–H and O–H groups in total. The molecule has 0 saturated heterocycles. The van der Waals surface area contributed by atoms with Crippen LogP contribution in [0.3, 0.4) is 0 Å². The number of aromatic nitrogens is 1.